The number of hydrogen-bond acceptors (Lipinski definition) is 7. The molecule has 0 saturated carbocycles. The number of nitrogens with two attached hydrogens (primary N) is 1. The van der Waals surface area contributed by atoms with Gasteiger partial charge in [0.2, 0.25) is 16.0 Å². The Balaban J connectivity index is 1.82. The van der Waals surface area contributed by atoms with E-state index in [-0.39, 0.29) is 22.8 Å². The molecule has 0 unspecified atom stereocenters. The van der Waals surface area contributed by atoms with Crippen molar-refractivity contribution in [2.75, 3.05) is 22.2 Å². The van der Waals surface area contributed by atoms with E-state index in [1.54, 1.807) is 31.4 Å². The molecule has 0 atom stereocenters. The normalized spacial score (nSPS) is 13.6. The number of para-hydroxylation sites is 1. The smallest absolute Gasteiger partial charge is 0.260 e. The van der Waals surface area contributed by atoms with Gasteiger partial charge in [-0.3, -0.25) is 4.79 Å². The van der Waals surface area contributed by atoms with Crippen LogP contribution in [0.15, 0.2) is 59.6 Å². The van der Waals surface area contributed by atoms with Crippen LogP contribution >= 0.6 is 0 Å². The van der Waals surface area contributed by atoms with Gasteiger partial charge in [0, 0.05) is 18.8 Å². The summed E-state index contributed by atoms with van der Waals surface area (Å²) >= 11 is 0. The topological polar surface area (TPSA) is 122 Å². The van der Waals surface area contributed by atoms with Crippen LogP contribution in [0.25, 0.3) is 0 Å². The number of amides is 1. The highest BCUT2D eigenvalue weighted by molar-refractivity contribution is 7.89. The van der Waals surface area contributed by atoms with Crippen molar-refractivity contribution in [3.8, 4) is 0 Å². The predicted molar refractivity (Wildman–Crippen MR) is 120 cm³/mol. The summed E-state index contributed by atoms with van der Waals surface area (Å²) in [6, 6.07) is 13.5. The minimum absolute atomic E-state index is 0.00709. The first-order valence-electron chi connectivity index (χ1n) is 9.60. The molecule has 0 radical (unpaired) electrons. The van der Waals surface area contributed by atoms with Gasteiger partial charge in [-0.1, -0.05) is 18.2 Å². The zero-order valence-electron chi connectivity index (χ0n) is 17.3. The maximum atomic E-state index is 13.0. The molecular formula is C21H22N6O3S. The zero-order chi connectivity index (χ0) is 22.3. The number of carbonyl (C=O) groups excluding carboxylic acids is 1. The number of sulfonamides is 1. The summed E-state index contributed by atoms with van der Waals surface area (Å²) in [7, 11) is -2.15. The first kappa shape index (κ1) is 20.8. The van der Waals surface area contributed by atoms with E-state index in [0.717, 1.165) is 5.69 Å². The number of anilines is 5. The molecule has 4 rings (SSSR count). The predicted octanol–water partition coefficient (Wildman–Crippen LogP) is 3.00. The summed E-state index contributed by atoms with van der Waals surface area (Å²) in [5.74, 6) is 0.678. The molecule has 0 bridgehead atoms. The van der Waals surface area contributed by atoms with Crippen molar-refractivity contribution in [1.29, 1.82) is 0 Å². The van der Waals surface area contributed by atoms with Crippen LogP contribution in [0.1, 0.15) is 24.2 Å². The summed E-state index contributed by atoms with van der Waals surface area (Å²) in [6.45, 7) is 4.03. The Labute approximate surface area is 180 Å². The molecule has 1 aliphatic rings. The van der Waals surface area contributed by atoms with Gasteiger partial charge in [0.15, 0.2) is 5.82 Å². The van der Waals surface area contributed by atoms with E-state index in [0.29, 0.717) is 22.8 Å². The van der Waals surface area contributed by atoms with Gasteiger partial charge in [0.05, 0.1) is 22.3 Å². The van der Waals surface area contributed by atoms with Crippen molar-refractivity contribution in [2.45, 2.75) is 24.8 Å². The number of nitrogens with one attached hydrogen (secondary N) is 1. The Kier molecular flexibility index (Phi) is 5.11. The summed E-state index contributed by atoms with van der Waals surface area (Å²) in [6.07, 6.45) is 1.58. The lowest BCUT2D eigenvalue weighted by atomic mass is 10.1. The highest BCUT2D eigenvalue weighted by Crippen LogP contribution is 2.40. The highest BCUT2D eigenvalue weighted by Gasteiger charge is 2.31. The highest BCUT2D eigenvalue weighted by atomic mass is 32.2. The first-order chi connectivity index (χ1) is 14.7. The number of rotatable bonds is 4. The van der Waals surface area contributed by atoms with Crippen LogP contribution < -0.4 is 20.3 Å². The molecule has 1 aliphatic heterocycles. The molecule has 1 amide bonds. The molecule has 1 aromatic heterocycles. The number of nitrogens with zero attached hydrogens (tertiary/aromatic N) is 4. The molecule has 0 fully saturated rings. The van der Waals surface area contributed by atoms with Crippen LogP contribution in [0.3, 0.4) is 0 Å². The fourth-order valence-electron chi connectivity index (χ4n) is 3.51. The molecule has 0 saturated heterocycles. The molecule has 2 heterocycles. The van der Waals surface area contributed by atoms with Crippen LogP contribution in [0.4, 0.5) is 28.8 Å². The third-order valence-electron chi connectivity index (χ3n) is 4.97. The number of primary sulfonamides is 1. The second-order valence-corrected chi connectivity index (χ2v) is 9.01. The molecule has 3 aromatic rings. The fourth-order valence-corrected chi connectivity index (χ4v) is 4.07. The van der Waals surface area contributed by atoms with E-state index in [1.807, 2.05) is 36.9 Å². The van der Waals surface area contributed by atoms with Crippen molar-refractivity contribution >= 4 is 44.8 Å². The summed E-state index contributed by atoms with van der Waals surface area (Å²) in [5, 5.41) is 8.25. The molecule has 31 heavy (non-hydrogen) atoms. The lowest BCUT2D eigenvalue weighted by Crippen LogP contribution is -2.27. The molecule has 9 nitrogen and oxygen atoms in total. The van der Waals surface area contributed by atoms with E-state index in [2.05, 4.69) is 15.3 Å². The van der Waals surface area contributed by atoms with E-state index in [1.165, 1.54) is 17.0 Å². The molecular weight excluding hydrogens is 416 g/mol. The van der Waals surface area contributed by atoms with Crippen LogP contribution in [0.2, 0.25) is 0 Å². The Morgan fingerprint density at radius 3 is 2.52 bits per heavy atom. The standard InChI is InChI=1S/C21H22N6O3S/c1-13(2)27-17-10-5-4-9-16(17)20(28)26(3)18-12-23-21(25-19(18)27)24-14-7-6-8-15(11-14)31(22,29)30/h4-13H,1-3H3,(H2,22,29,30)(H,23,24,25). The average Bonchev–Trinajstić information content (AvgIpc) is 2.81. The third-order valence-corrected chi connectivity index (χ3v) is 5.88. The van der Waals surface area contributed by atoms with E-state index < -0.39 is 10.0 Å². The van der Waals surface area contributed by atoms with Gasteiger partial charge in [-0.05, 0) is 44.2 Å². The van der Waals surface area contributed by atoms with Crippen molar-refractivity contribution in [2.24, 2.45) is 5.14 Å². The van der Waals surface area contributed by atoms with Crippen molar-refractivity contribution < 1.29 is 13.2 Å². The van der Waals surface area contributed by atoms with Gasteiger partial charge in [-0.15, -0.1) is 0 Å². The Bertz CT molecular complexity index is 1280. The minimum Gasteiger partial charge on any atom is -0.324 e. The summed E-state index contributed by atoms with van der Waals surface area (Å²) < 4.78 is 23.3. The van der Waals surface area contributed by atoms with Gasteiger partial charge in [0.1, 0.15) is 5.69 Å². The first-order valence-corrected chi connectivity index (χ1v) is 11.1. The molecule has 0 aliphatic carbocycles. The van der Waals surface area contributed by atoms with E-state index in [4.69, 9.17) is 5.14 Å². The van der Waals surface area contributed by atoms with E-state index in [9.17, 15) is 13.2 Å². The van der Waals surface area contributed by atoms with Crippen LogP contribution in [-0.2, 0) is 10.0 Å². The van der Waals surface area contributed by atoms with Crippen molar-refractivity contribution in [3.05, 3.63) is 60.3 Å². The fraction of sp³-hybridized carbons (Fsp3) is 0.190. The third kappa shape index (κ3) is 3.82. The second-order valence-electron chi connectivity index (χ2n) is 7.45. The molecule has 0 spiro atoms. The largest absolute Gasteiger partial charge is 0.324 e. The lowest BCUT2D eigenvalue weighted by Gasteiger charge is -2.29. The maximum absolute atomic E-state index is 13.0. The Morgan fingerprint density at radius 2 is 1.81 bits per heavy atom. The van der Waals surface area contributed by atoms with E-state index >= 15 is 0 Å². The zero-order valence-corrected chi connectivity index (χ0v) is 18.1. The van der Waals surface area contributed by atoms with Crippen LogP contribution in [-0.4, -0.2) is 37.4 Å². The molecule has 160 valence electrons. The monoisotopic (exact) mass is 438 g/mol. The van der Waals surface area contributed by atoms with Crippen LogP contribution in [0.5, 0.6) is 0 Å². The number of aromatic nitrogens is 2. The second kappa shape index (κ2) is 7.64. The van der Waals surface area contributed by atoms with Crippen molar-refractivity contribution in [1.82, 2.24) is 9.97 Å². The van der Waals surface area contributed by atoms with Gasteiger partial charge in [-0.2, -0.15) is 4.98 Å². The molecule has 2 aromatic carbocycles. The lowest BCUT2D eigenvalue weighted by molar-refractivity contribution is 0.0994. The Morgan fingerprint density at radius 1 is 1.06 bits per heavy atom. The quantitative estimate of drug-likeness (QED) is 0.642. The van der Waals surface area contributed by atoms with Crippen LogP contribution in [0, 0.1) is 0 Å². The number of fused-ring (bicyclic) bond motifs is 2. The van der Waals surface area contributed by atoms with Crippen molar-refractivity contribution in [3.63, 3.8) is 0 Å². The summed E-state index contributed by atoms with van der Waals surface area (Å²) in [5.41, 5.74) is 2.38. The number of benzene rings is 2. The number of hydrogen-bond donors (Lipinski definition) is 2. The van der Waals surface area contributed by atoms with Gasteiger partial charge >= 0.3 is 0 Å². The van der Waals surface area contributed by atoms with Gasteiger partial charge in [-0.25, -0.2) is 18.5 Å². The van der Waals surface area contributed by atoms with Gasteiger partial charge < -0.3 is 15.1 Å². The SMILES string of the molecule is CC(C)N1c2ccccc2C(=O)N(C)c2cnc(Nc3cccc(S(N)(=O)=O)c3)nc21. The Hall–Kier alpha value is -3.50. The molecule has 10 heteroatoms. The van der Waals surface area contributed by atoms with Gasteiger partial charge in [0.25, 0.3) is 5.91 Å². The average molecular weight is 439 g/mol. The summed E-state index contributed by atoms with van der Waals surface area (Å²) in [4.78, 5) is 25.5. The number of carbonyl (C=O) groups is 1. The minimum atomic E-state index is -3.84. The maximum Gasteiger partial charge on any atom is 0.260 e. The molecule has 3 N–H and O–H groups in total.